The summed E-state index contributed by atoms with van der Waals surface area (Å²) in [6, 6.07) is -1.48. The van der Waals surface area contributed by atoms with Crippen LogP contribution in [0.2, 0.25) is 0 Å². The summed E-state index contributed by atoms with van der Waals surface area (Å²) in [4.78, 5) is 28.1. The van der Waals surface area contributed by atoms with E-state index >= 15 is 0 Å². The molecule has 8 heteroatoms. The fourth-order valence-corrected chi connectivity index (χ4v) is 2.10. The Balaban J connectivity index is 1.96. The first-order chi connectivity index (χ1) is 8.99. The highest BCUT2D eigenvalue weighted by Crippen LogP contribution is 2.18. The highest BCUT2D eigenvalue weighted by Gasteiger charge is 2.38. The van der Waals surface area contributed by atoms with E-state index in [0.29, 0.717) is 5.82 Å². The van der Waals surface area contributed by atoms with Gasteiger partial charge < -0.3 is 25.0 Å². The monoisotopic (exact) mass is 268 g/mol. The van der Waals surface area contributed by atoms with E-state index in [2.05, 4.69) is 10.3 Å². The Morgan fingerprint density at radius 3 is 2.89 bits per heavy atom. The van der Waals surface area contributed by atoms with Gasteiger partial charge in [-0.05, 0) is 0 Å². The Hall–Kier alpha value is -2.09. The molecule has 2 rings (SSSR count). The van der Waals surface area contributed by atoms with Crippen LogP contribution in [0.4, 0.5) is 4.79 Å². The van der Waals surface area contributed by atoms with Gasteiger partial charge in [0.1, 0.15) is 11.9 Å². The number of carbonyl (C=O) groups excluding carboxylic acids is 1. The van der Waals surface area contributed by atoms with Crippen LogP contribution in [0.15, 0.2) is 12.4 Å². The van der Waals surface area contributed by atoms with Crippen molar-refractivity contribution in [3.8, 4) is 0 Å². The molecule has 1 fully saturated rings. The number of rotatable bonds is 3. The van der Waals surface area contributed by atoms with Crippen molar-refractivity contribution in [1.29, 1.82) is 0 Å². The Bertz CT molecular complexity index is 487. The number of amides is 2. The van der Waals surface area contributed by atoms with Crippen LogP contribution in [-0.4, -0.2) is 55.4 Å². The Morgan fingerprint density at radius 1 is 1.58 bits per heavy atom. The normalized spacial score (nSPS) is 22.5. The van der Waals surface area contributed by atoms with Crippen molar-refractivity contribution in [3.63, 3.8) is 0 Å². The molecule has 0 aromatic carbocycles. The van der Waals surface area contributed by atoms with Crippen molar-refractivity contribution in [1.82, 2.24) is 19.8 Å². The van der Waals surface area contributed by atoms with Crippen molar-refractivity contribution in [2.24, 2.45) is 7.05 Å². The standard InChI is InChI=1S/C11H16N4O4/c1-14-3-2-12-9(14)5-13-11(19)15-6-7(16)4-8(15)10(17)18/h2-3,7-8,16H,4-6H2,1H3,(H,13,19)(H,17,18). The van der Waals surface area contributed by atoms with E-state index in [9.17, 15) is 14.7 Å². The van der Waals surface area contributed by atoms with Crippen LogP contribution in [0.25, 0.3) is 0 Å². The molecule has 1 aliphatic rings. The number of likely N-dealkylation sites (tertiary alicyclic amines) is 1. The molecule has 1 aromatic rings. The van der Waals surface area contributed by atoms with Crippen molar-refractivity contribution in [2.45, 2.75) is 25.1 Å². The molecule has 19 heavy (non-hydrogen) atoms. The van der Waals surface area contributed by atoms with Gasteiger partial charge in [0.2, 0.25) is 0 Å². The number of nitrogens with one attached hydrogen (secondary N) is 1. The number of aryl methyl sites for hydroxylation is 1. The second kappa shape index (κ2) is 5.27. The highest BCUT2D eigenvalue weighted by molar-refractivity contribution is 5.83. The van der Waals surface area contributed by atoms with Gasteiger partial charge >= 0.3 is 12.0 Å². The van der Waals surface area contributed by atoms with Gasteiger partial charge in [0, 0.05) is 32.4 Å². The summed E-state index contributed by atoms with van der Waals surface area (Å²) in [7, 11) is 1.80. The van der Waals surface area contributed by atoms with Gasteiger partial charge in [0.05, 0.1) is 12.6 Å². The summed E-state index contributed by atoms with van der Waals surface area (Å²) in [6.07, 6.45) is 2.63. The summed E-state index contributed by atoms with van der Waals surface area (Å²) in [6.45, 7) is 0.241. The zero-order valence-corrected chi connectivity index (χ0v) is 10.5. The van der Waals surface area contributed by atoms with E-state index in [0.717, 1.165) is 4.90 Å². The summed E-state index contributed by atoms with van der Waals surface area (Å²) >= 11 is 0. The minimum Gasteiger partial charge on any atom is -0.480 e. The number of hydrogen-bond donors (Lipinski definition) is 3. The van der Waals surface area contributed by atoms with Crippen LogP contribution in [0.3, 0.4) is 0 Å². The zero-order chi connectivity index (χ0) is 14.0. The number of carboxylic acids is 1. The molecule has 2 unspecified atom stereocenters. The number of urea groups is 1. The zero-order valence-electron chi connectivity index (χ0n) is 10.5. The topological polar surface area (TPSA) is 108 Å². The fourth-order valence-electron chi connectivity index (χ4n) is 2.10. The lowest BCUT2D eigenvalue weighted by molar-refractivity contribution is -0.141. The molecule has 2 heterocycles. The molecule has 0 aliphatic carbocycles. The molecule has 8 nitrogen and oxygen atoms in total. The van der Waals surface area contributed by atoms with Gasteiger partial charge in [0.25, 0.3) is 0 Å². The highest BCUT2D eigenvalue weighted by atomic mass is 16.4. The molecule has 2 amide bonds. The number of aromatic nitrogens is 2. The van der Waals surface area contributed by atoms with Crippen LogP contribution >= 0.6 is 0 Å². The Kier molecular flexibility index (Phi) is 3.70. The number of hydrogen-bond acceptors (Lipinski definition) is 4. The summed E-state index contributed by atoms with van der Waals surface area (Å²) in [5.74, 6) is -0.441. The van der Waals surface area contributed by atoms with Gasteiger partial charge in [-0.3, -0.25) is 0 Å². The van der Waals surface area contributed by atoms with Crippen molar-refractivity contribution in [3.05, 3.63) is 18.2 Å². The van der Waals surface area contributed by atoms with E-state index in [1.807, 2.05) is 0 Å². The molecule has 1 saturated heterocycles. The van der Waals surface area contributed by atoms with E-state index in [1.165, 1.54) is 0 Å². The van der Waals surface area contributed by atoms with Gasteiger partial charge in [-0.2, -0.15) is 0 Å². The maximum atomic E-state index is 11.9. The number of aliphatic carboxylic acids is 1. The summed E-state index contributed by atoms with van der Waals surface area (Å²) in [5, 5.41) is 21.1. The van der Waals surface area contributed by atoms with E-state index in [4.69, 9.17) is 5.11 Å². The van der Waals surface area contributed by atoms with Gasteiger partial charge in [-0.15, -0.1) is 0 Å². The second-order valence-electron chi connectivity index (χ2n) is 4.51. The SMILES string of the molecule is Cn1ccnc1CNC(=O)N1CC(O)CC1C(=O)O. The van der Waals surface area contributed by atoms with Gasteiger partial charge in [0.15, 0.2) is 0 Å². The lowest BCUT2D eigenvalue weighted by Crippen LogP contribution is -2.46. The number of aliphatic hydroxyl groups excluding tert-OH is 1. The third kappa shape index (κ3) is 2.84. The smallest absolute Gasteiger partial charge is 0.326 e. The molecule has 0 radical (unpaired) electrons. The molecular formula is C11H16N4O4. The predicted molar refractivity (Wildman–Crippen MR) is 64.2 cm³/mol. The van der Waals surface area contributed by atoms with Crippen molar-refractivity contribution < 1.29 is 19.8 Å². The number of carboxylic acid groups (broad SMARTS) is 1. The van der Waals surface area contributed by atoms with Crippen LogP contribution < -0.4 is 5.32 Å². The number of carbonyl (C=O) groups is 2. The molecule has 0 spiro atoms. The number of imidazole rings is 1. The first-order valence-corrected chi connectivity index (χ1v) is 5.90. The summed E-state index contributed by atoms with van der Waals surface area (Å²) in [5.41, 5.74) is 0. The third-order valence-electron chi connectivity index (χ3n) is 3.14. The quantitative estimate of drug-likeness (QED) is 0.662. The molecular weight excluding hydrogens is 252 g/mol. The summed E-state index contributed by atoms with van der Waals surface area (Å²) < 4.78 is 1.76. The molecule has 0 saturated carbocycles. The third-order valence-corrected chi connectivity index (χ3v) is 3.14. The lowest BCUT2D eigenvalue weighted by Gasteiger charge is -2.21. The van der Waals surface area contributed by atoms with E-state index < -0.39 is 24.1 Å². The maximum absolute atomic E-state index is 11.9. The predicted octanol–water partition coefficient (Wildman–Crippen LogP) is -0.850. The van der Waals surface area contributed by atoms with E-state index in [-0.39, 0.29) is 19.5 Å². The molecule has 3 N–H and O–H groups in total. The van der Waals surface area contributed by atoms with Gasteiger partial charge in [-0.25, -0.2) is 14.6 Å². The molecule has 2 atom stereocenters. The minimum absolute atomic E-state index is 0.0311. The number of nitrogens with zero attached hydrogens (tertiary/aromatic N) is 3. The Labute approximate surface area is 109 Å². The van der Waals surface area contributed by atoms with E-state index in [1.54, 1.807) is 24.0 Å². The number of β-amino-alcohol motifs (C(OH)–C–C–N with tert-alkyl or cyclic N) is 1. The molecule has 1 aromatic heterocycles. The molecule has 0 bridgehead atoms. The van der Waals surface area contributed by atoms with Crippen molar-refractivity contribution in [2.75, 3.05) is 6.54 Å². The van der Waals surface area contributed by atoms with Crippen LogP contribution in [0.1, 0.15) is 12.2 Å². The average molecular weight is 268 g/mol. The van der Waals surface area contributed by atoms with Crippen LogP contribution in [-0.2, 0) is 18.4 Å². The number of aliphatic hydroxyl groups is 1. The first kappa shape index (κ1) is 13.3. The molecule has 1 aliphatic heterocycles. The molecule has 104 valence electrons. The van der Waals surface area contributed by atoms with Crippen LogP contribution in [0.5, 0.6) is 0 Å². The van der Waals surface area contributed by atoms with Crippen molar-refractivity contribution >= 4 is 12.0 Å². The Morgan fingerprint density at radius 2 is 2.32 bits per heavy atom. The minimum atomic E-state index is -1.11. The van der Waals surface area contributed by atoms with Gasteiger partial charge in [-0.1, -0.05) is 0 Å². The first-order valence-electron chi connectivity index (χ1n) is 5.90. The maximum Gasteiger partial charge on any atom is 0.326 e. The largest absolute Gasteiger partial charge is 0.480 e. The van der Waals surface area contributed by atoms with Crippen LogP contribution in [0, 0.1) is 0 Å². The fraction of sp³-hybridized carbons (Fsp3) is 0.545. The average Bonchev–Trinajstić information content (AvgIpc) is 2.92. The lowest BCUT2D eigenvalue weighted by atomic mass is 10.2. The second-order valence-corrected chi connectivity index (χ2v) is 4.51.